The van der Waals surface area contributed by atoms with Crippen LogP contribution in [0.2, 0.25) is 0 Å². The molecule has 2 N–H and O–H groups in total. The normalized spacial score (nSPS) is 11.0. The van der Waals surface area contributed by atoms with Crippen LogP contribution in [0.5, 0.6) is 0 Å². The summed E-state index contributed by atoms with van der Waals surface area (Å²) in [5.41, 5.74) is 0.590. The first-order chi connectivity index (χ1) is 12.5. The van der Waals surface area contributed by atoms with Gasteiger partial charge in [0.15, 0.2) is 0 Å². The van der Waals surface area contributed by atoms with E-state index in [0.29, 0.717) is 31.2 Å². The molecule has 26 heavy (non-hydrogen) atoms. The highest BCUT2D eigenvalue weighted by molar-refractivity contribution is 5.89. The third kappa shape index (κ3) is 7.70. The summed E-state index contributed by atoms with van der Waals surface area (Å²) in [5, 5.41) is 11.7. The van der Waals surface area contributed by atoms with Gasteiger partial charge in [-0.2, -0.15) is 0 Å². The van der Waals surface area contributed by atoms with Gasteiger partial charge in [0.25, 0.3) is 0 Å². The Morgan fingerprint density at radius 3 is 2.46 bits per heavy atom. The summed E-state index contributed by atoms with van der Waals surface area (Å²) in [6, 6.07) is 3.97. The fourth-order valence-electron chi connectivity index (χ4n) is 3.06. The van der Waals surface area contributed by atoms with Gasteiger partial charge in [-0.3, -0.25) is 0 Å². The number of carbonyl (C=O) groups excluding carboxylic acids is 1. The van der Waals surface area contributed by atoms with Gasteiger partial charge in [0.2, 0.25) is 0 Å². The molecule has 6 heteroatoms. The Kier molecular flexibility index (Phi) is 10.9. The average molecular weight is 368 g/mol. The number of nitrogens with one attached hydrogen (secondary N) is 1. The number of aliphatic hydroxyl groups is 1. The molecule has 0 atom stereocenters. The molecular formula is C20H33FN2O3. The van der Waals surface area contributed by atoms with Crippen molar-refractivity contribution in [2.24, 2.45) is 5.92 Å². The number of hydrogen-bond donors (Lipinski definition) is 2. The third-order valence-electron chi connectivity index (χ3n) is 4.51. The predicted octanol–water partition coefficient (Wildman–Crippen LogP) is 4.40. The quantitative estimate of drug-likeness (QED) is 0.575. The van der Waals surface area contributed by atoms with Crippen LogP contribution in [0.15, 0.2) is 18.2 Å². The first-order valence-corrected chi connectivity index (χ1v) is 9.49. The molecule has 2 amide bonds. The zero-order valence-corrected chi connectivity index (χ0v) is 16.3. The number of methoxy groups -OCH3 is 1. The highest BCUT2D eigenvalue weighted by Crippen LogP contribution is 2.19. The van der Waals surface area contributed by atoms with Crippen molar-refractivity contribution in [2.75, 3.05) is 32.1 Å². The maximum absolute atomic E-state index is 14.1. The zero-order chi connectivity index (χ0) is 19.4. The number of urea groups is 1. The number of hydrogen-bond acceptors (Lipinski definition) is 3. The standard InChI is InChI=1S/C20H33FN2O3/c1-4-6-16(7-5-2)10-11-23(12-13-26-3)20(25)22-19-9-8-17(15-24)14-18(19)21/h8-9,14,16,24H,4-7,10-13,15H2,1-3H3,(H,22,25). The van der Waals surface area contributed by atoms with E-state index >= 15 is 0 Å². The number of carbonyl (C=O) groups is 1. The van der Waals surface area contributed by atoms with Crippen molar-refractivity contribution in [3.8, 4) is 0 Å². The van der Waals surface area contributed by atoms with Gasteiger partial charge >= 0.3 is 6.03 Å². The van der Waals surface area contributed by atoms with Crippen LogP contribution in [0.1, 0.15) is 51.5 Å². The number of benzene rings is 1. The Morgan fingerprint density at radius 1 is 1.23 bits per heavy atom. The molecular weight excluding hydrogens is 335 g/mol. The first kappa shape index (κ1) is 22.4. The second-order valence-electron chi connectivity index (χ2n) is 6.61. The highest BCUT2D eigenvalue weighted by Gasteiger charge is 2.17. The number of nitrogens with zero attached hydrogens (tertiary/aromatic N) is 1. The molecule has 0 aliphatic carbocycles. The Bertz CT molecular complexity index is 534. The van der Waals surface area contributed by atoms with E-state index in [1.807, 2.05) is 0 Å². The van der Waals surface area contributed by atoms with E-state index in [0.717, 1.165) is 32.1 Å². The van der Waals surface area contributed by atoms with Gasteiger partial charge in [0.1, 0.15) is 5.82 Å². The lowest BCUT2D eigenvalue weighted by Crippen LogP contribution is -2.38. The fourth-order valence-corrected chi connectivity index (χ4v) is 3.06. The van der Waals surface area contributed by atoms with Crippen molar-refractivity contribution in [1.29, 1.82) is 0 Å². The molecule has 0 radical (unpaired) electrons. The molecule has 0 unspecified atom stereocenters. The van der Waals surface area contributed by atoms with Crippen LogP contribution in [0.4, 0.5) is 14.9 Å². The van der Waals surface area contributed by atoms with E-state index in [-0.39, 0.29) is 18.3 Å². The second kappa shape index (κ2) is 12.7. The molecule has 0 saturated heterocycles. The van der Waals surface area contributed by atoms with E-state index in [2.05, 4.69) is 19.2 Å². The molecule has 0 spiro atoms. The van der Waals surface area contributed by atoms with Crippen LogP contribution in [-0.2, 0) is 11.3 Å². The molecule has 0 aliphatic heterocycles. The topological polar surface area (TPSA) is 61.8 Å². The van der Waals surface area contributed by atoms with E-state index in [4.69, 9.17) is 9.84 Å². The summed E-state index contributed by atoms with van der Waals surface area (Å²) >= 11 is 0. The molecule has 1 aromatic rings. The number of amides is 2. The lowest BCUT2D eigenvalue weighted by molar-refractivity contribution is 0.151. The summed E-state index contributed by atoms with van der Waals surface area (Å²) in [5.74, 6) is 0.0508. The largest absolute Gasteiger partial charge is 0.392 e. The lowest BCUT2D eigenvalue weighted by atomic mass is 9.94. The van der Waals surface area contributed by atoms with Crippen LogP contribution < -0.4 is 5.32 Å². The van der Waals surface area contributed by atoms with E-state index in [9.17, 15) is 9.18 Å². The van der Waals surface area contributed by atoms with Gasteiger partial charge in [-0.1, -0.05) is 45.6 Å². The number of halogens is 1. The van der Waals surface area contributed by atoms with Gasteiger partial charge in [0, 0.05) is 20.2 Å². The van der Waals surface area contributed by atoms with Gasteiger partial charge < -0.3 is 20.1 Å². The molecule has 0 bridgehead atoms. The summed E-state index contributed by atoms with van der Waals surface area (Å²) in [6.07, 6.45) is 5.52. The monoisotopic (exact) mass is 368 g/mol. The van der Waals surface area contributed by atoms with E-state index in [1.54, 1.807) is 18.1 Å². The van der Waals surface area contributed by atoms with Crippen molar-refractivity contribution in [3.05, 3.63) is 29.6 Å². The van der Waals surface area contributed by atoms with Crippen LogP contribution in [0.25, 0.3) is 0 Å². The van der Waals surface area contributed by atoms with Gasteiger partial charge in [-0.15, -0.1) is 0 Å². The molecule has 148 valence electrons. The van der Waals surface area contributed by atoms with Crippen molar-refractivity contribution in [2.45, 2.75) is 52.6 Å². The van der Waals surface area contributed by atoms with Crippen molar-refractivity contribution in [1.82, 2.24) is 4.90 Å². The Morgan fingerprint density at radius 2 is 1.92 bits per heavy atom. The highest BCUT2D eigenvalue weighted by atomic mass is 19.1. The lowest BCUT2D eigenvalue weighted by Gasteiger charge is -2.25. The van der Waals surface area contributed by atoms with E-state index < -0.39 is 5.82 Å². The maximum Gasteiger partial charge on any atom is 0.322 e. The number of ether oxygens (including phenoxy) is 1. The van der Waals surface area contributed by atoms with Crippen molar-refractivity contribution >= 4 is 11.7 Å². The summed E-state index contributed by atoms with van der Waals surface area (Å²) in [6.45, 7) is 5.64. The van der Waals surface area contributed by atoms with Crippen molar-refractivity contribution in [3.63, 3.8) is 0 Å². The molecule has 5 nitrogen and oxygen atoms in total. The maximum atomic E-state index is 14.1. The first-order valence-electron chi connectivity index (χ1n) is 9.49. The van der Waals surface area contributed by atoms with Crippen LogP contribution in [0.3, 0.4) is 0 Å². The minimum absolute atomic E-state index is 0.119. The Hall–Kier alpha value is -1.66. The molecule has 1 rings (SSSR count). The SMILES string of the molecule is CCCC(CCC)CCN(CCOC)C(=O)Nc1ccc(CO)cc1F. The van der Waals surface area contributed by atoms with Gasteiger partial charge in [-0.05, 0) is 30.0 Å². The third-order valence-corrected chi connectivity index (χ3v) is 4.51. The summed E-state index contributed by atoms with van der Waals surface area (Å²) in [4.78, 5) is 14.3. The molecule has 0 aromatic heterocycles. The van der Waals surface area contributed by atoms with Gasteiger partial charge in [-0.25, -0.2) is 9.18 Å². The minimum atomic E-state index is -0.550. The summed E-state index contributed by atoms with van der Waals surface area (Å²) < 4.78 is 19.2. The Balaban J connectivity index is 2.72. The smallest absolute Gasteiger partial charge is 0.322 e. The molecule has 0 heterocycles. The zero-order valence-electron chi connectivity index (χ0n) is 16.3. The predicted molar refractivity (Wildman–Crippen MR) is 103 cm³/mol. The number of anilines is 1. The number of aliphatic hydroxyl groups excluding tert-OH is 1. The number of rotatable bonds is 12. The molecule has 0 aliphatic rings. The molecule has 1 aromatic carbocycles. The van der Waals surface area contributed by atoms with Crippen LogP contribution in [-0.4, -0.2) is 42.8 Å². The fraction of sp³-hybridized carbons (Fsp3) is 0.650. The van der Waals surface area contributed by atoms with E-state index in [1.165, 1.54) is 12.1 Å². The van der Waals surface area contributed by atoms with Crippen molar-refractivity contribution < 1.29 is 19.0 Å². The second-order valence-corrected chi connectivity index (χ2v) is 6.61. The molecule has 0 fully saturated rings. The van der Waals surface area contributed by atoms with Gasteiger partial charge in [0.05, 0.1) is 18.9 Å². The molecule has 0 saturated carbocycles. The summed E-state index contributed by atoms with van der Waals surface area (Å²) in [7, 11) is 1.60. The van der Waals surface area contributed by atoms with Crippen LogP contribution in [0, 0.1) is 11.7 Å². The van der Waals surface area contributed by atoms with Crippen LogP contribution >= 0.6 is 0 Å². The minimum Gasteiger partial charge on any atom is -0.392 e. The average Bonchev–Trinajstić information content (AvgIpc) is 2.63. The Labute approximate surface area is 156 Å².